The normalized spacial score (nSPS) is 18.9. The largest absolute Gasteiger partial charge is 0.508 e. The van der Waals surface area contributed by atoms with Gasteiger partial charge in [-0.2, -0.15) is 0 Å². The molecule has 4 amide bonds. The van der Waals surface area contributed by atoms with E-state index < -0.39 is 12.2 Å². The molecule has 10 heteroatoms. The van der Waals surface area contributed by atoms with E-state index >= 15 is 0 Å². The Hall–Kier alpha value is -5.09. The highest BCUT2D eigenvalue weighted by molar-refractivity contribution is 5.92. The number of piperazine rings is 1. The van der Waals surface area contributed by atoms with Crippen LogP contribution >= 0.6 is 0 Å². The highest BCUT2D eigenvalue weighted by Gasteiger charge is 2.51. The number of para-hydroxylation sites is 1. The number of aromatic hydroxyl groups is 1. The van der Waals surface area contributed by atoms with Crippen molar-refractivity contribution in [3.8, 4) is 5.75 Å². The zero-order chi connectivity index (χ0) is 30.8. The first-order valence-electron chi connectivity index (χ1n) is 14.7. The molecular formula is C34H36N6O4. The maximum absolute atomic E-state index is 14.3. The van der Waals surface area contributed by atoms with Gasteiger partial charge in [0.1, 0.15) is 18.0 Å². The van der Waals surface area contributed by atoms with Gasteiger partial charge in [0.15, 0.2) is 0 Å². The first kappa shape index (κ1) is 29.0. The molecule has 226 valence electrons. The minimum atomic E-state index is -0.837. The SMILES string of the molecule is C=CCN1CC(=O)N2[C@@H](Cc3ccc(O)cc3)C(=O)N(Cc3cn(C)c4ccccc34)C[C@@H]2N1C(=O)NCc1ccccc1. The topological polar surface area (TPSA) is 101 Å². The summed E-state index contributed by atoms with van der Waals surface area (Å²) < 4.78 is 2.04. The third kappa shape index (κ3) is 5.63. The number of carbonyl (C=O) groups excluding carboxylic acids is 3. The Kier molecular flexibility index (Phi) is 8.08. The first-order valence-corrected chi connectivity index (χ1v) is 14.7. The number of hydrogen-bond acceptors (Lipinski definition) is 5. The Morgan fingerprint density at radius 3 is 2.48 bits per heavy atom. The van der Waals surface area contributed by atoms with Crippen LogP contribution in [0.2, 0.25) is 0 Å². The Morgan fingerprint density at radius 2 is 1.73 bits per heavy atom. The molecule has 3 heterocycles. The second-order valence-electron chi connectivity index (χ2n) is 11.3. The highest BCUT2D eigenvalue weighted by atomic mass is 16.3. The van der Waals surface area contributed by atoms with Crippen molar-refractivity contribution in [3.05, 3.63) is 114 Å². The van der Waals surface area contributed by atoms with Crippen LogP contribution in [0.3, 0.4) is 0 Å². The monoisotopic (exact) mass is 592 g/mol. The van der Waals surface area contributed by atoms with Crippen molar-refractivity contribution in [2.24, 2.45) is 7.05 Å². The Labute approximate surface area is 256 Å². The summed E-state index contributed by atoms with van der Waals surface area (Å²) in [6, 6.07) is 23.1. The van der Waals surface area contributed by atoms with Crippen molar-refractivity contribution >= 4 is 28.7 Å². The van der Waals surface area contributed by atoms with Crippen LogP contribution in [-0.2, 0) is 36.1 Å². The fraction of sp³-hybridized carbons (Fsp3) is 0.265. The molecule has 2 N–H and O–H groups in total. The zero-order valence-electron chi connectivity index (χ0n) is 24.7. The molecule has 0 bridgehead atoms. The molecule has 2 saturated heterocycles. The van der Waals surface area contributed by atoms with E-state index in [-0.39, 0.29) is 49.7 Å². The van der Waals surface area contributed by atoms with E-state index in [9.17, 15) is 19.5 Å². The molecule has 0 aliphatic carbocycles. The zero-order valence-corrected chi connectivity index (χ0v) is 24.7. The number of nitrogens with one attached hydrogen (secondary N) is 1. The van der Waals surface area contributed by atoms with Gasteiger partial charge in [0, 0.05) is 50.2 Å². The van der Waals surface area contributed by atoms with Crippen molar-refractivity contribution < 1.29 is 19.5 Å². The van der Waals surface area contributed by atoms with E-state index in [0.29, 0.717) is 13.1 Å². The number of rotatable bonds is 8. The molecule has 2 aliphatic heterocycles. The number of aromatic nitrogens is 1. The van der Waals surface area contributed by atoms with E-state index in [1.54, 1.807) is 50.2 Å². The molecule has 2 atom stereocenters. The van der Waals surface area contributed by atoms with Gasteiger partial charge in [-0.25, -0.2) is 14.8 Å². The molecule has 0 saturated carbocycles. The average Bonchev–Trinajstić information content (AvgIpc) is 3.34. The summed E-state index contributed by atoms with van der Waals surface area (Å²) in [6.07, 6.45) is 3.20. The lowest BCUT2D eigenvalue weighted by atomic mass is 9.98. The van der Waals surface area contributed by atoms with Crippen molar-refractivity contribution in [1.82, 2.24) is 29.7 Å². The molecule has 44 heavy (non-hydrogen) atoms. The van der Waals surface area contributed by atoms with Crippen LogP contribution in [0.25, 0.3) is 10.9 Å². The Balaban J connectivity index is 1.37. The van der Waals surface area contributed by atoms with Crippen LogP contribution < -0.4 is 5.32 Å². The molecule has 4 aromatic rings. The maximum Gasteiger partial charge on any atom is 0.334 e. The van der Waals surface area contributed by atoms with E-state index in [1.165, 1.54) is 0 Å². The Bertz CT molecular complexity index is 1690. The fourth-order valence-corrected chi connectivity index (χ4v) is 6.31. The van der Waals surface area contributed by atoms with Crippen LogP contribution in [0.5, 0.6) is 5.75 Å². The van der Waals surface area contributed by atoms with Crippen molar-refractivity contribution in [2.75, 3.05) is 19.6 Å². The van der Waals surface area contributed by atoms with Crippen molar-refractivity contribution in [1.29, 1.82) is 0 Å². The summed E-state index contributed by atoms with van der Waals surface area (Å²) in [7, 11) is 1.98. The number of phenolic OH excluding ortho intramolecular Hbond substituents is 1. The smallest absolute Gasteiger partial charge is 0.334 e. The lowest BCUT2D eigenvalue weighted by Gasteiger charge is -2.55. The van der Waals surface area contributed by atoms with Gasteiger partial charge in [0.25, 0.3) is 0 Å². The average molecular weight is 593 g/mol. The van der Waals surface area contributed by atoms with Crippen molar-refractivity contribution in [3.63, 3.8) is 0 Å². The number of hydrazine groups is 1. The molecule has 10 nitrogen and oxygen atoms in total. The second kappa shape index (κ2) is 12.3. The van der Waals surface area contributed by atoms with Gasteiger partial charge in [-0.3, -0.25) is 9.59 Å². The molecule has 6 rings (SSSR count). The number of amides is 4. The van der Waals surface area contributed by atoms with Crippen molar-refractivity contribution in [2.45, 2.75) is 31.7 Å². The van der Waals surface area contributed by atoms with Gasteiger partial charge in [-0.05, 0) is 34.9 Å². The van der Waals surface area contributed by atoms with E-state index in [4.69, 9.17) is 0 Å². The van der Waals surface area contributed by atoms with Gasteiger partial charge in [-0.1, -0.05) is 66.7 Å². The number of hydrogen-bond donors (Lipinski definition) is 2. The second-order valence-corrected chi connectivity index (χ2v) is 11.3. The summed E-state index contributed by atoms with van der Waals surface area (Å²) in [5.41, 5.74) is 3.79. The number of benzene rings is 3. The van der Waals surface area contributed by atoms with Gasteiger partial charge in [0.2, 0.25) is 11.8 Å². The summed E-state index contributed by atoms with van der Waals surface area (Å²) >= 11 is 0. The number of urea groups is 1. The fourth-order valence-electron chi connectivity index (χ4n) is 6.31. The van der Waals surface area contributed by atoms with Gasteiger partial charge >= 0.3 is 6.03 Å². The molecule has 0 spiro atoms. The minimum absolute atomic E-state index is 0.0655. The minimum Gasteiger partial charge on any atom is -0.508 e. The summed E-state index contributed by atoms with van der Waals surface area (Å²) in [4.78, 5) is 45.3. The molecule has 3 aromatic carbocycles. The molecule has 0 unspecified atom stereocenters. The Morgan fingerprint density at radius 1 is 1.00 bits per heavy atom. The van der Waals surface area contributed by atoms with Crippen LogP contribution in [0.1, 0.15) is 16.7 Å². The lowest BCUT2D eigenvalue weighted by molar-refractivity contribution is -0.189. The summed E-state index contributed by atoms with van der Waals surface area (Å²) in [5, 5.41) is 17.2. The van der Waals surface area contributed by atoms with E-state index in [0.717, 1.165) is 27.6 Å². The van der Waals surface area contributed by atoms with Crippen LogP contribution in [0.4, 0.5) is 4.79 Å². The predicted octanol–water partition coefficient (Wildman–Crippen LogP) is 3.62. The van der Waals surface area contributed by atoms with Crippen LogP contribution in [0, 0.1) is 0 Å². The molecular weight excluding hydrogens is 556 g/mol. The quantitative estimate of drug-likeness (QED) is 0.305. The number of aryl methyl sites for hydroxylation is 1. The van der Waals surface area contributed by atoms with Gasteiger partial charge in [0.05, 0.1) is 13.1 Å². The van der Waals surface area contributed by atoms with E-state index in [2.05, 4.69) is 11.9 Å². The number of nitrogens with zero attached hydrogens (tertiary/aromatic N) is 5. The number of phenols is 1. The lowest BCUT2D eigenvalue weighted by Crippen LogP contribution is -2.76. The standard InChI is InChI=1S/C34H36N6O4/c1-3-17-38-23-32(42)39-30(18-24-13-15-27(41)16-14-24)33(43)37(21-26-20-36(2)29-12-8-7-11-28(26)29)22-31(39)40(38)34(44)35-19-25-9-5-4-6-10-25/h3-16,20,30-31,41H,1,17-19,21-23H2,2H3,(H,35,44)/t30-,31-/m0/s1. The molecule has 1 aromatic heterocycles. The number of fused-ring (bicyclic) bond motifs is 2. The first-order chi connectivity index (χ1) is 21.3. The summed E-state index contributed by atoms with van der Waals surface area (Å²) in [6.45, 7) is 4.86. The third-order valence-electron chi connectivity index (χ3n) is 8.37. The summed E-state index contributed by atoms with van der Waals surface area (Å²) in [5.74, 6) is -0.294. The molecule has 0 radical (unpaired) electrons. The number of carbonyl (C=O) groups is 3. The van der Waals surface area contributed by atoms with E-state index in [1.807, 2.05) is 72.4 Å². The van der Waals surface area contributed by atoms with Gasteiger partial charge < -0.3 is 24.8 Å². The highest BCUT2D eigenvalue weighted by Crippen LogP contribution is 2.31. The van der Waals surface area contributed by atoms with Gasteiger partial charge in [-0.15, -0.1) is 6.58 Å². The predicted molar refractivity (Wildman–Crippen MR) is 167 cm³/mol. The molecule has 2 fully saturated rings. The maximum atomic E-state index is 14.3. The molecule has 2 aliphatic rings. The van der Waals surface area contributed by atoms with Crippen LogP contribution in [0.15, 0.2) is 97.7 Å². The third-order valence-corrected chi connectivity index (χ3v) is 8.37. The van der Waals surface area contributed by atoms with Crippen LogP contribution in [-0.4, -0.2) is 79.2 Å².